The fourth-order valence-corrected chi connectivity index (χ4v) is 3.97. The van der Waals surface area contributed by atoms with E-state index in [2.05, 4.69) is 0 Å². The Bertz CT molecular complexity index is 1170. The molecule has 7 nitrogen and oxygen atoms in total. The molecule has 0 aliphatic carbocycles. The molecule has 0 saturated carbocycles. The Balaban J connectivity index is 1.91. The third-order valence-electron chi connectivity index (χ3n) is 5.29. The van der Waals surface area contributed by atoms with Crippen molar-refractivity contribution in [3.05, 3.63) is 69.6 Å². The van der Waals surface area contributed by atoms with Crippen LogP contribution in [0.3, 0.4) is 0 Å². The zero-order chi connectivity index (χ0) is 22.0. The van der Waals surface area contributed by atoms with Gasteiger partial charge >= 0.3 is 0 Å². The van der Waals surface area contributed by atoms with Crippen molar-refractivity contribution in [2.45, 2.75) is 19.9 Å². The molecule has 0 fully saturated rings. The number of benzene rings is 2. The van der Waals surface area contributed by atoms with Crippen molar-refractivity contribution in [3.63, 3.8) is 0 Å². The highest BCUT2D eigenvalue weighted by Crippen LogP contribution is 2.40. The molecule has 2 heterocycles. The summed E-state index contributed by atoms with van der Waals surface area (Å²) < 4.78 is 22.6. The van der Waals surface area contributed by atoms with Gasteiger partial charge in [-0.15, -0.1) is 0 Å². The van der Waals surface area contributed by atoms with E-state index in [-0.39, 0.29) is 17.1 Å². The van der Waals surface area contributed by atoms with Crippen LogP contribution in [0, 0.1) is 0 Å². The van der Waals surface area contributed by atoms with Crippen molar-refractivity contribution in [2.75, 3.05) is 33.5 Å². The summed E-state index contributed by atoms with van der Waals surface area (Å²) in [4.78, 5) is 28.3. The summed E-state index contributed by atoms with van der Waals surface area (Å²) in [6, 6.07) is 11.9. The van der Waals surface area contributed by atoms with Gasteiger partial charge in [-0.3, -0.25) is 9.59 Å². The van der Waals surface area contributed by atoms with Crippen molar-refractivity contribution in [3.8, 4) is 11.5 Å². The third kappa shape index (κ3) is 3.65. The lowest BCUT2D eigenvalue weighted by atomic mass is 9.98. The first-order valence-corrected chi connectivity index (χ1v) is 10.4. The highest BCUT2D eigenvalue weighted by Gasteiger charge is 2.42. The zero-order valence-corrected chi connectivity index (χ0v) is 17.8. The molecule has 162 valence electrons. The Morgan fingerprint density at radius 1 is 1.00 bits per heavy atom. The molecule has 7 heteroatoms. The van der Waals surface area contributed by atoms with E-state index in [4.69, 9.17) is 18.6 Å². The second-order valence-electron chi connectivity index (χ2n) is 7.14. The summed E-state index contributed by atoms with van der Waals surface area (Å²) in [5, 5.41) is 0.448. The summed E-state index contributed by atoms with van der Waals surface area (Å²) in [7, 11) is 1.57. The lowest BCUT2D eigenvalue weighted by Gasteiger charge is -2.25. The molecule has 1 aromatic heterocycles. The number of rotatable bonds is 8. The normalized spacial score (nSPS) is 15.4. The minimum absolute atomic E-state index is 0.0802. The lowest BCUT2D eigenvalue weighted by Crippen LogP contribution is -2.32. The molecular formula is C24H25NO6. The maximum Gasteiger partial charge on any atom is 0.290 e. The molecule has 1 amide bonds. The number of para-hydroxylation sites is 1. The number of amides is 1. The van der Waals surface area contributed by atoms with Gasteiger partial charge in [0.25, 0.3) is 5.91 Å². The second-order valence-corrected chi connectivity index (χ2v) is 7.14. The molecule has 1 atom stereocenters. The summed E-state index contributed by atoms with van der Waals surface area (Å²) in [5.41, 5.74) is 1.28. The molecule has 31 heavy (non-hydrogen) atoms. The number of ether oxygens (including phenoxy) is 3. The van der Waals surface area contributed by atoms with E-state index >= 15 is 0 Å². The van der Waals surface area contributed by atoms with Crippen LogP contribution in [0.5, 0.6) is 11.5 Å². The van der Waals surface area contributed by atoms with Crippen LogP contribution >= 0.6 is 0 Å². The maximum absolute atomic E-state index is 13.4. The van der Waals surface area contributed by atoms with Gasteiger partial charge in [0.05, 0.1) is 36.8 Å². The number of methoxy groups -OCH3 is 1. The number of fused-ring (bicyclic) bond motifs is 2. The molecule has 0 radical (unpaired) electrons. The Labute approximate surface area is 180 Å². The van der Waals surface area contributed by atoms with Crippen molar-refractivity contribution < 1.29 is 23.4 Å². The minimum Gasteiger partial charge on any atom is -0.490 e. The maximum atomic E-state index is 13.4. The van der Waals surface area contributed by atoms with Gasteiger partial charge in [-0.1, -0.05) is 18.2 Å². The van der Waals surface area contributed by atoms with E-state index in [1.165, 1.54) is 0 Å². The highest BCUT2D eigenvalue weighted by atomic mass is 16.5. The lowest BCUT2D eigenvalue weighted by molar-refractivity contribution is 0.0663. The van der Waals surface area contributed by atoms with Crippen LogP contribution in [0.4, 0.5) is 0 Å². The molecule has 0 bridgehead atoms. The minimum atomic E-state index is -0.603. The SMILES string of the molecule is CCOc1ccc([C@@H]2c3c(oc4ccccc4c3=O)C(=O)N2CCOC)cc1OCC. The summed E-state index contributed by atoms with van der Waals surface area (Å²) >= 11 is 0. The number of hydrogen-bond donors (Lipinski definition) is 0. The van der Waals surface area contributed by atoms with Gasteiger partial charge < -0.3 is 23.5 Å². The number of nitrogens with zero attached hydrogens (tertiary/aromatic N) is 1. The largest absolute Gasteiger partial charge is 0.490 e. The first-order chi connectivity index (χ1) is 15.1. The van der Waals surface area contributed by atoms with Gasteiger partial charge in [0, 0.05) is 13.7 Å². The molecule has 0 unspecified atom stereocenters. The van der Waals surface area contributed by atoms with Gasteiger partial charge in [-0.25, -0.2) is 0 Å². The monoisotopic (exact) mass is 423 g/mol. The van der Waals surface area contributed by atoms with E-state index in [1.54, 1.807) is 36.3 Å². The molecule has 0 N–H and O–H groups in total. The zero-order valence-electron chi connectivity index (χ0n) is 17.8. The van der Waals surface area contributed by atoms with Crippen LogP contribution in [0.1, 0.15) is 41.6 Å². The smallest absolute Gasteiger partial charge is 0.290 e. The van der Waals surface area contributed by atoms with Gasteiger partial charge in [0.15, 0.2) is 16.9 Å². The highest BCUT2D eigenvalue weighted by molar-refractivity contribution is 5.99. The van der Waals surface area contributed by atoms with Gasteiger partial charge in [0.1, 0.15) is 5.58 Å². The predicted molar refractivity (Wildman–Crippen MR) is 116 cm³/mol. The summed E-state index contributed by atoms with van der Waals surface area (Å²) in [6.45, 7) is 5.40. The van der Waals surface area contributed by atoms with Gasteiger partial charge in [-0.05, 0) is 43.7 Å². The number of carbonyl (C=O) groups excluding carboxylic acids is 1. The predicted octanol–water partition coefficient (Wildman–Crippen LogP) is 3.78. The average Bonchev–Trinajstić information content (AvgIpc) is 3.06. The summed E-state index contributed by atoms with van der Waals surface area (Å²) in [5.74, 6) is 0.939. The Kier molecular flexibility index (Phi) is 5.95. The molecule has 1 aliphatic rings. The van der Waals surface area contributed by atoms with Crippen molar-refractivity contribution in [1.29, 1.82) is 0 Å². The van der Waals surface area contributed by atoms with Gasteiger partial charge in [-0.2, -0.15) is 0 Å². The van der Waals surface area contributed by atoms with Gasteiger partial charge in [0.2, 0.25) is 5.76 Å². The Morgan fingerprint density at radius 2 is 1.74 bits per heavy atom. The topological polar surface area (TPSA) is 78.2 Å². The fourth-order valence-electron chi connectivity index (χ4n) is 3.97. The van der Waals surface area contributed by atoms with Crippen LogP contribution in [-0.2, 0) is 4.74 Å². The molecule has 1 aliphatic heterocycles. The Morgan fingerprint density at radius 3 is 2.48 bits per heavy atom. The number of hydrogen-bond acceptors (Lipinski definition) is 6. The van der Waals surface area contributed by atoms with Crippen molar-refractivity contribution >= 4 is 16.9 Å². The standard InChI is InChI=1S/C24H25NO6/c1-4-29-18-11-10-15(14-19(18)30-5-2)21-20-22(26)16-8-6-7-9-17(16)31-23(20)24(27)25(21)12-13-28-3/h6-11,14,21H,4-5,12-13H2,1-3H3/t21-/m1/s1. The van der Waals surface area contributed by atoms with Crippen LogP contribution in [0.2, 0.25) is 0 Å². The first-order valence-electron chi connectivity index (χ1n) is 10.4. The first kappa shape index (κ1) is 20.9. The molecule has 2 aromatic carbocycles. The molecule has 0 saturated heterocycles. The molecule has 0 spiro atoms. The average molecular weight is 423 g/mol. The molecule has 3 aromatic rings. The van der Waals surface area contributed by atoms with Crippen LogP contribution in [0.15, 0.2) is 51.7 Å². The van der Waals surface area contributed by atoms with E-state index in [9.17, 15) is 9.59 Å². The van der Waals surface area contributed by atoms with E-state index in [0.29, 0.717) is 54.4 Å². The van der Waals surface area contributed by atoms with E-state index in [0.717, 1.165) is 5.56 Å². The second kappa shape index (κ2) is 8.81. The van der Waals surface area contributed by atoms with Crippen LogP contribution in [0.25, 0.3) is 11.0 Å². The van der Waals surface area contributed by atoms with Crippen molar-refractivity contribution in [1.82, 2.24) is 4.90 Å². The molecule has 4 rings (SSSR count). The molecular weight excluding hydrogens is 398 g/mol. The third-order valence-corrected chi connectivity index (χ3v) is 5.29. The van der Waals surface area contributed by atoms with E-state index in [1.807, 2.05) is 32.0 Å². The Hall–Kier alpha value is -3.32. The number of carbonyl (C=O) groups is 1. The van der Waals surface area contributed by atoms with Crippen LogP contribution < -0.4 is 14.9 Å². The van der Waals surface area contributed by atoms with Crippen molar-refractivity contribution in [2.24, 2.45) is 0 Å². The van der Waals surface area contributed by atoms with E-state index < -0.39 is 6.04 Å². The fraction of sp³-hybridized carbons (Fsp3) is 0.333. The quantitative estimate of drug-likeness (QED) is 0.549. The van der Waals surface area contributed by atoms with Crippen LogP contribution in [-0.4, -0.2) is 44.3 Å². The summed E-state index contributed by atoms with van der Waals surface area (Å²) in [6.07, 6.45) is 0.